The molecular weight excluding hydrogens is 476 g/mol. The second-order valence-corrected chi connectivity index (χ2v) is 17.8. The molecule has 7 heteroatoms. The predicted molar refractivity (Wildman–Crippen MR) is 145 cm³/mol. The van der Waals surface area contributed by atoms with Crippen LogP contribution in [-0.4, -0.2) is 42.3 Å². The van der Waals surface area contributed by atoms with Crippen molar-refractivity contribution >= 4 is 18.2 Å². The van der Waals surface area contributed by atoms with Gasteiger partial charge in [-0.05, 0) is 67.2 Å². The van der Waals surface area contributed by atoms with Gasteiger partial charge in [0.1, 0.15) is 0 Å². The molecule has 35 heavy (non-hydrogen) atoms. The molecule has 5 nitrogen and oxygen atoms in total. The Morgan fingerprint density at radius 1 is 1.09 bits per heavy atom. The normalized spacial score (nSPS) is 21.6. The number of hydrogen-bond acceptors (Lipinski definition) is 5. The third kappa shape index (κ3) is 4.95. The molecule has 2 aromatic rings. The summed E-state index contributed by atoms with van der Waals surface area (Å²) in [6, 6.07) is 14.5. The number of sulfone groups is 1. The summed E-state index contributed by atoms with van der Waals surface area (Å²) < 4.78 is 46.4. The minimum absolute atomic E-state index is 0.00182. The molecule has 0 bridgehead atoms. The highest BCUT2D eigenvalue weighted by atomic mass is 32.2. The van der Waals surface area contributed by atoms with E-state index in [9.17, 15) is 8.42 Å². The Kier molecular flexibility index (Phi) is 7.94. The fourth-order valence-corrected chi connectivity index (χ4v) is 8.43. The van der Waals surface area contributed by atoms with E-state index in [1.807, 2.05) is 24.3 Å². The fraction of sp³-hybridized carbons (Fsp3) is 0.500. The molecule has 0 saturated heterocycles. The van der Waals surface area contributed by atoms with Crippen LogP contribution in [0.25, 0.3) is 0 Å². The lowest BCUT2D eigenvalue weighted by Crippen LogP contribution is -2.63. The molecule has 3 rings (SSSR count). The highest BCUT2D eigenvalue weighted by Crippen LogP contribution is 2.55. The van der Waals surface area contributed by atoms with Gasteiger partial charge in [-0.3, -0.25) is 0 Å². The summed E-state index contributed by atoms with van der Waals surface area (Å²) in [5.41, 5.74) is 0.161. The van der Waals surface area contributed by atoms with Gasteiger partial charge in [0.05, 0.1) is 30.5 Å². The van der Waals surface area contributed by atoms with Crippen LogP contribution in [0.5, 0.6) is 11.5 Å². The first kappa shape index (κ1) is 27.5. The van der Waals surface area contributed by atoms with Crippen molar-refractivity contribution in [3.05, 3.63) is 66.7 Å². The standard InChI is InChI=1S/C28H40O5SSi/c1-9-13-26(34(29,30)22-14-11-10-12-15-22)28(21-16-17-23(31-5)24(20-21)32-6)19-18-25(28)33-35(7,8)27(2,3)4/h9-12,14-17,20,25-26H,1,13,18-19H2,2-8H3/t25?,26?,28-/m1/s1. The van der Waals surface area contributed by atoms with E-state index in [1.54, 1.807) is 44.6 Å². The first-order valence-corrected chi connectivity index (χ1v) is 16.6. The van der Waals surface area contributed by atoms with Crippen molar-refractivity contribution in [1.82, 2.24) is 0 Å². The van der Waals surface area contributed by atoms with E-state index in [1.165, 1.54) is 0 Å². The summed E-state index contributed by atoms with van der Waals surface area (Å²) in [4.78, 5) is 0.324. The first-order chi connectivity index (χ1) is 16.3. The zero-order chi connectivity index (χ0) is 26.1. The summed E-state index contributed by atoms with van der Waals surface area (Å²) in [5, 5.41) is -0.727. The van der Waals surface area contributed by atoms with Crippen LogP contribution in [0.3, 0.4) is 0 Å². The van der Waals surface area contributed by atoms with Gasteiger partial charge in [0.25, 0.3) is 0 Å². The quantitative estimate of drug-likeness (QED) is 0.265. The van der Waals surface area contributed by atoms with Gasteiger partial charge in [-0.15, -0.1) is 6.58 Å². The van der Waals surface area contributed by atoms with E-state index >= 15 is 0 Å². The monoisotopic (exact) mass is 516 g/mol. The number of allylic oxidation sites excluding steroid dienone is 1. The van der Waals surface area contributed by atoms with Crippen molar-refractivity contribution in [2.45, 2.75) is 79.8 Å². The lowest BCUT2D eigenvalue weighted by molar-refractivity contribution is 0.000361. The van der Waals surface area contributed by atoms with Crippen LogP contribution in [-0.2, 0) is 19.7 Å². The topological polar surface area (TPSA) is 61.8 Å². The van der Waals surface area contributed by atoms with Crippen LogP contribution in [0.4, 0.5) is 0 Å². The van der Waals surface area contributed by atoms with E-state index < -0.39 is 28.8 Å². The lowest BCUT2D eigenvalue weighted by Gasteiger charge is -2.56. The van der Waals surface area contributed by atoms with Crippen LogP contribution in [0, 0.1) is 0 Å². The van der Waals surface area contributed by atoms with Crippen LogP contribution >= 0.6 is 0 Å². The van der Waals surface area contributed by atoms with Gasteiger partial charge < -0.3 is 13.9 Å². The number of methoxy groups -OCH3 is 2. The van der Waals surface area contributed by atoms with E-state index in [0.717, 1.165) is 12.0 Å². The fourth-order valence-electron chi connectivity index (χ4n) is 4.82. The van der Waals surface area contributed by atoms with Crippen molar-refractivity contribution in [2.75, 3.05) is 14.2 Å². The van der Waals surface area contributed by atoms with Crippen molar-refractivity contribution in [2.24, 2.45) is 0 Å². The molecule has 192 valence electrons. The molecule has 0 radical (unpaired) electrons. The first-order valence-electron chi connectivity index (χ1n) is 12.2. The van der Waals surface area contributed by atoms with Crippen LogP contribution < -0.4 is 9.47 Å². The van der Waals surface area contributed by atoms with E-state index in [-0.39, 0.29) is 11.1 Å². The van der Waals surface area contributed by atoms with Gasteiger partial charge in [0, 0.05) is 5.41 Å². The molecule has 0 aliphatic heterocycles. The zero-order valence-corrected chi connectivity index (χ0v) is 23.9. The van der Waals surface area contributed by atoms with Crippen molar-refractivity contribution in [3.63, 3.8) is 0 Å². The van der Waals surface area contributed by atoms with Gasteiger partial charge in [0.15, 0.2) is 29.7 Å². The summed E-state index contributed by atoms with van der Waals surface area (Å²) in [6.07, 6.45) is 3.31. The molecule has 0 aromatic heterocycles. The second-order valence-electron chi connectivity index (χ2n) is 10.9. The molecule has 3 atom stereocenters. The third-order valence-corrected chi connectivity index (χ3v) is 14.7. The molecule has 0 heterocycles. The summed E-state index contributed by atoms with van der Waals surface area (Å²) in [6.45, 7) is 15.0. The number of ether oxygens (including phenoxy) is 2. The van der Waals surface area contributed by atoms with E-state index in [0.29, 0.717) is 29.2 Å². The van der Waals surface area contributed by atoms with Crippen LogP contribution in [0.15, 0.2) is 66.1 Å². The molecule has 0 spiro atoms. The Morgan fingerprint density at radius 2 is 1.71 bits per heavy atom. The van der Waals surface area contributed by atoms with Gasteiger partial charge in [0.2, 0.25) is 0 Å². The van der Waals surface area contributed by atoms with E-state index in [4.69, 9.17) is 13.9 Å². The number of rotatable bonds is 10. The predicted octanol–water partition coefficient (Wildman–Crippen LogP) is 6.54. The smallest absolute Gasteiger partial charge is 0.192 e. The Bertz CT molecular complexity index is 1140. The van der Waals surface area contributed by atoms with Gasteiger partial charge in [-0.25, -0.2) is 8.42 Å². The maximum absolute atomic E-state index is 14.2. The molecule has 2 aromatic carbocycles. The van der Waals surface area contributed by atoms with Crippen molar-refractivity contribution in [1.29, 1.82) is 0 Å². The Balaban J connectivity index is 2.24. The van der Waals surface area contributed by atoms with Crippen LogP contribution in [0.1, 0.15) is 45.6 Å². The van der Waals surface area contributed by atoms with Crippen molar-refractivity contribution in [3.8, 4) is 11.5 Å². The molecule has 1 fully saturated rings. The Hall–Kier alpha value is -2.09. The molecule has 1 aliphatic carbocycles. The Labute approximate surface area is 212 Å². The average molecular weight is 517 g/mol. The van der Waals surface area contributed by atoms with Crippen molar-refractivity contribution < 1.29 is 22.3 Å². The molecule has 0 amide bonds. The molecule has 1 saturated carbocycles. The SMILES string of the molecule is C=CCC([C@@]1(c2ccc(OC)c(OC)c2)CCC1O[Si](C)(C)C(C)(C)C)S(=O)(=O)c1ccccc1. The summed E-state index contributed by atoms with van der Waals surface area (Å²) in [5.74, 6) is 1.19. The highest BCUT2D eigenvalue weighted by Gasteiger charge is 2.60. The van der Waals surface area contributed by atoms with Gasteiger partial charge >= 0.3 is 0 Å². The van der Waals surface area contributed by atoms with Gasteiger partial charge in [-0.2, -0.15) is 0 Å². The minimum Gasteiger partial charge on any atom is -0.493 e. The second kappa shape index (κ2) is 10.1. The molecule has 2 unspecified atom stereocenters. The molecule has 0 N–H and O–H groups in total. The maximum atomic E-state index is 14.2. The third-order valence-electron chi connectivity index (χ3n) is 7.96. The number of hydrogen-bond donors (Lipinski definition) is 0. The Morgan fingerprint density at radius 3 is 2.20 bits per heavy atom. The zero-order valence-electron chi connectivity index (χ0n) is 22.1. The highest BCUT2D eigenvalue weighted by molar-refractivity contribution is 7.92. The molecule has 1 aliphatic rings. The average Bonchev–Trinajstić information content (AvgIpc) is 2.81. The summed E-state index contributed by atoms with van der Waals surface area (Å²) >= 11 is 0. The summed E-state index contributed by atoms with van der Waals surface area (Å²) in [7, 11) is -2.68. The number of benzene rings is 2. The molecular formula is C28H40O5SSi. The van der Waals surface area contributed by atoms with Gasteiger partial charge in [-0.1, -0.05) is 51.1 Å². The van der Waals surface area contributed by atoms with E-state index in [2.05, 4.69) is 40.4 Å². The lowest BCUT2D eigenvalue weighted by atomic mass is 9.59. The van der Waals surface area contributed by atoms with Crippen LogP contribution in [0.2, 0.25) is 18.1 Å². The minimum atomic E-state index is -3.70. The maximum Gasteiger partial charge on any atom is 0.192 e. The largest absolute Gasteiger partial charge is 0.493 e.